The number of nitrogens with zero attached hydrogens (tertiary/aromatic N) is 2. The molecule has 5 nitrogen and oxygen atoms in total. The first-order valence-electron chi connectivity index (χ1n) is 9.72. The lowest BCUT2D eigenvalue weighted by Gasteiger charge is -2.22. The van der Waals surface area contributed by atoms with Crippen molar-refractivity contribution in [2.45, 2.75) is 26.0 Å². The highest BCUT2D eigenvalue weighted by Crippen LogP contribution is 2.32. The molecule has 0 saturated carbocycles. The number of benzene rings is 2. The maximum Gasteiger partial charge on any atom is 0.232 e. The largest absolute Gasteiger partial charge is 0.471 e. The molecule has 0 aliphatic carbocycles. The highest BCUT2D eigenvalue weighted by molar-refractivity contribution is 6.31. The van der Waals surface area contributed by atoms with E-state index in [1.807, 2.05) is 36.4 Å². The Kier molecular flexibility index (Phi) is 5.88. The van der Waals surface area contributed by atoms with Gasteiger partial charge in [0.25, 0.3) is 0 Å². The van der Waals surface area contributed by atoms with Gasteiger partial charge >= 0.3 is 0 Å². The average molecular weight is 410 g/mol. The molecule has 0 spiro atoms. The van der Waals surface area contributed by atoms with E-state index in [-0.39, 0.29) is 6.10 Å². The van der Waals surface area contributed by atoms with E-state index in [1.54, 1.807) is 18.3 Å². The lowest BCUT2D eigenvalue weighted by Crippen LogP contribution is -2.26. The summed E-state index contributed by atoms with van der Waals surface area (Å²) in [4.78, 5) is 6.51. The Balaban J connectivity index is 1.45. The van der Waals surface area contributed by atoms with E-state index in [9.17, 15) is 0 Å². The van der Waals surface area contributed by atoms with Gasteiger partial charge in [-0.3, -0.25) is 0 Å². The van der Waals surface area contributed by atoms with Crippen molar-refractivity contribution >= 4 is 17.3 Å². The van der Waals surface area contributed by atoms with Gasteiger partial charge in [-0.25, -0.2) is 4.98 Å². The molecule has 150 valence electrons. The van der Waals surface area contributed by atoms with Crippen LogP contribution in [0, 0.1) is 6.92 Å². The monoisotopic (exact) mass is 409 g/mol. The van der Waals surface area contributed by atoms with Crippen molar-refractivity contribution in [3.63, 3.8) is 0 Å². The van der Waals surface area contributed by atoms with E-state index in [4.69, 9.17) is 26.8 Å². The van der Waals surface area contributed by atoms with E-state index < -0.39 is 0 Å². The number of halogens is 1. The van der Waals surface area contributed by atoms with Crippen LogP contribution in [-0.4, -0.2) is 24.2 Å². The second-order valence-corrected chi connectivity index (χ2v) is 7.58. The minimum absolute atomic E-state index is 0.0384. The molecule has 0 bridgehead atoms. The first kappa shape index (κ1) is 19.6. The summed E-state index contributed by atoms with van der Waals surface area (Å²) in [5.41, 5.74) is 9.40. The van der Waals surface area contributed by atoms with E-state index in [0.29, 0.717) is 17.4 Å². The summed E-state index contributed by atoms with van der Waals surface area (Å²) in [5.74, 6) is 2.08. The second kappa shape index (κ2) is 8.72. The van der Waals surface area contributed by atoms with Crippen molar-refractivity contribution < 1.29 is 9.47 Å². The molecule has 29 heavy (non-hydrogen) atoms. The number of rotatable bonds is 6. The fourth-order valence-electron chi connectivity index (χ4n) is 3.50. The van der Waals surface area contributed by atoms with Crippen LogP contribution in [0.25, 0.3) is 0 Å². The molecule has 1 atom stereocenters. The van der Waals surface area contributed by atoms with Gasteiger partial charge in [-0.2, -0.15) is 0 Å². The standard InChI is InChI=1S/C23H24ClN3O2/c1-16-4-6-18(7-5-16)28-19-8-9-22(17(13-19)14-25)27-12-10-20(15-27)29-23-21(24)3-2-11-26-23/h2-9,11,13,20H,10,12,14-15,25H2,1H3/t20-/m0/s1. The van der Waals surface area contributed by atoms with Crippen LogP contribution in [0.4, 0.5) is 5.69 Å². The average Bonchev–Trinajstić information content (AvgIpc) is 3.19. The lowest BCUT2D eigenvalue weighted by molar-refractivity contribution is 0.216. The van der Waals surface area contributed by atoms with Crippen LogP contribution in [0.2, 0.25) is 5.02 Å². The van der Waals surface area contributed by atoms with Crippen molar-refractivity contribution in [1.29, 1.82) is 0 Å². The van der Waals surface area contributed by atoms with Crippen LogP contribution in [0.5, 0.6) is 17.4 Å². The van der Waals surface area contributed by atoms with Gasteiger partial charge in [0, 0.05) is 31.4 Å². The normalized spacial score (nSPS) is 16.1. The van der Waals surface area contributed by atoms with Crippen LogP contribution in [-0.2, 0) is 6.54 Å². The molecule has 6 heteroatoms. The van der Waals surface area contributed by atoms with Gasteiger partial charge in [-0.1, -0.05) is 29.3 Å². The molecule has 0 radical (unpaired) electrons. The Labute approximate surface area is 176 Å². The molecular weight excluding hydrogens is 386 g/mol. The number of ether oxygens (including phenoxy) is 2. The number of hydrogen-bond acceptors (Lipinski definition) is 5. The molecule has 4 rings (SSSR count). The minimum atomic E-state index is 0.0384. The van der Waals surface area contributed by atoms with Crippen LogP contribution in [0.15, 0.2) is 60.8 Å². The molecule has 0 unspecified atom stereocenters. The Morgan fingerprint density at radius 1 is 1.14 bits per heavy atom. The smallest absolute Gasteiger partial charge is 0.232 e. The van der Waals surface area contributed by atoms with Crippen LogP contribution in [0.1, 0.15) is 17.5 Å². The fourth-order valence-corrected chi connectivity index (χ4v) is 3.66. The Morgan fingerprint density at radius 3 is 2.69 bits per heavy atom. The summed E-state index contributed by atoms with van der Waals surface area (Å²) in [6.07, 6.45) is 2.63. The summed E-state index contributed by atoms with van der Waals surface area (Å²) in [6, 6.07) is 17.7. The van der Waals surface area contributed by atoms with Crippen molar-refractivity contribution in [2.24, 2.45) is 5.73 Å². The fraction of sp³-hybridized carbons (Fsp3) is 0.261. The van der Waals surface area contributed by atoms with Gasteiger partial charge in [0.1, 0.15) is 22.6 Å². The summed E-state index contributed by atoms with van der Waals surface area (Å²) < 4.78 is 12.0. The van der Waals surface area contributed by atoms with Gasteiger partial charge < -0.3 is 20.1 Å². The van der Waals surface area contributed by atoms with E-state index in [2.05, 4.69) is 22.9 Å². The minimum Gasteiger partial charge on any atom is -0.471 e. The van der Waals surface area contributed by atoms with Crippen LogP contribution >= 0.6 is 11.6 Å². The maximum atomic E-state index is 6.16. The van der Waals surface area contributed by atoms with E-state index in [0.717, 1.165) is 42.3 Å². The molecule has 1 fully saturated rings. The van der Waals surface area contributed by atoms with Gasteiger partial charge in [0.15, 0.2) is 0 Å². The Hall–Kier alpha value is -2.76. The number of aryl methyl sites for hydroxylation is 1. The molecule has 0 amide bonds. The van der Waals surface area contributed by atoms with Crippen molar-refractivity contribution in [1.82, 2.24) is 4.98 Å². The molecule has 1 aliphatic heterocycles. The number of pyridine rings is 1. The van der Waals surface area contributed by atoms with E-state index >= 15 is 0 Å². The van der Waals surface area contributed by atoms with Gasteiger partial charge in [0.05, 0.1) is 6.54 Å². The molecule has 1 aliphatic rings. The lowest BCUT2D eigenvalue weighted by atomic mass is 10.1. The van der Waals surface area contributed by atoms with Gasteiger partial charge in [0.2, 0.25) is 5.88 Å². The van der Waals surface area contributed by atoms with E-state index in [1.165, 1.54) is 5.56 Å². The molecule has 2 N–H and O–H groups in total. The topological polar surface area (TPSA) is 60.6 Å². The molecular formula is C23H24ClN3O2. The predicted molar refractivity (Wildman–Crippen MR) is 116 cm³/mol. The third-order valence-electron chi connectivity index (χ3n) is 5.02. The van der Waals surface area contributed by atoms with Gasteiger partial charge in [-0.05, 0) is 55.0 Å². The summed E-state index contributed by atoms with van der Waals surface area (Å²) in [7, 11) is 0. The zero-order valence-electron chi connectivity index (χ0n) is 16.3. The number of nitrogens with two attached hydrogens (primary N) is 1. The summed E-state index contributed by atoms with van der Waals surface area (Å²) in [5, 5.41) is 0.534. The first-order valence-corrected chi connectivity index (χ1v) is 10.1. The van der Waals surface area contributed by atoms with Crippen molar-refractivity contribution in [2.75, 3.05) is 18.0 Å². The highest BCUT2D eigenvalue weighted by Gasteiger charge is 2.26. The van der Waals surface area contributed by atoms with Crippen molar-refractivity contribution in [3.05, 3.63) is 76.9 Å². The number of hydrogen-bond donors (Lipinski definition) is 1. The SMILES string of the molecule is Cc1ccc(Oc2ccc(N3CC[C@H](Oc4ncccc4Cl)C3)c(CN)c2)cc1. The Bertz CT molecular complexity index is 978. The van der Waals surface area contributed by atoms with Crippen LogP contribution in [0.3, 0.4) is 0 Å². The quantitative estimate of drug-likeness (QED) is 0.624. The zero-order chi connectivity index (χ0) is 20.2. The van der Waals surface area contributed by atoms with Gasteiger partial charge in [-0.15, -0.1) is 0 Å². The Morgan fingerprint density at radius 2 is 1.93 bits per heavy atom. The molecule has 2 heterocycles. The highest BCUT2D eigenvalue weighted by atomic mass is 35.5. The predicted octanol–water partition coefficient (Wildman–Crippen LogP) is 4.95. The maximum absolute atomic E-state index is 6.16. The number of aromatic nitrogens is 1. The summed E-state index contributed by atoms with van der Waals surface area (Å²) in [6.45, 7) is 4.15. The first-order chi connectivity index (χ1) is 14.1. The summed E-state index contributed by atoms with van der Waals surface area (Å²) >= 11 is 6.16. The zero-order valence-corrected chi connectivity index (χ0v) is 17.1. The molecule has 1 aromatic heterocycles. The van der Waals surface area contributed by atoms with Crippen molar-refractivity contribution in [3.8, 4) is 17.4 Å². The molecule has 3 aromatic rings. The second-order valence-electron chi connectivity index (χ2n) is 7.17. The number of anilines is 1. The molecule has 1 saturated heterocycles. The third kappa shape index (κ3) is 4.63. The molecule has 2 aromatic carbocycles. The van der Waals surface area contributed by atoms with Crippen LogP contribution < -0.4 is 20.1 Å². The third-order valence-corrected chi connectivity index (χ3v) is 5.30.